The molecule has 0 aromatic heterocycles. The highest BCUT2D eigenvalue weighted by molar-refractivity contribution is 7.99. The Morgan fingerprint density at radius 3 is 3.00 bits per heavy atom. The Hall–Kier alpha value is -2.00. The minimum atomic E-state index is -0.486. The Kier molecular flexibility index (Phi) is 5.74. The van der Waals surface area contributed by atoms with E-state index in [9.17, 15) is 10.1 Å². The molecule has 0 saturated carbocycles. The van der Waals surface area contributed by atoms with Crippen molar-refractivity contribution in [1.29, 1.82) is 5.26 Å². The number of nitro benzene ring substituents is 1. The Labute approximate surface area is 110 Å². The first kappa shape index (κ1) is 14.1. The van der Waals surface area contributed by atoms with Crippen LogP contribution in [0.1, 0.15) is 5.56 Å². The lowest BCUT2D eigenvalue weighted by Gasteiger charge is -2.06. The predicted molar refractivity (Wildman–Crippen MR) is 73.8 cm³/mol. The van der Waals surface area contributed by atoms with Crippen LogP contribution in [0.2, 0.25) is 0 Å². The highest BCUT2D eigenvalue weighted by atomic mass is 32.2. The minimum absolute atomic E-state index is 0.0669. The van der Waals surface area contributed by atoms with Crippen LogP contribution < -0.4 is 5.32 Å². The molecule has 5 nitrogen and oxygen atoms in total. The minimum Gasteiger partial charge on any atom is -0.379 e. The molecule has 0 atom stereocenters. The molecule has 0 aliphatic carbocycles. The van der Waals surface area contributed by atoms with Gasteiger partial charge in [-0.25, -0.2) is 0 Å². The van der Waals surface area contributed by atoms with Gasteiger partial charge in [0.05, 0.1) is 16.6 Å². The summed E-state index contributed by atoms with van der Waals surface area (Å²) in [5.41, 5.74) is 0.661. The second-order valence-electron chi connectivity index (χ2n) is 3.39. The van der Waals surface area contributed by atoms with Crippen LogP contribution in [0.5, 0.6) is 0 Å². The summed E-state index contributed by atoms with van der Waals surface area (Å²) in [4.78, 5) is 10.4. The molecule has 0 aliphatic rings. The molecule has 1 N–H and O–H groups in total. The lowest BCUT2D eigenvalue weighted by molar-refractivity contribution is -0.384. The maximum Gasteiger partial charge on any atom is 0.293 e. The van der Waals surface area contributed by atoms with E-state index in [0.717, 1.165) is 11.5 Å². The van der Waals surface area contributed by atoms with Crippen LogP contribution >= 0.6 is 11.8 Å². The monoisotopic (exact) mass is 263 g/mol. The molecule has 0 aliphatic heterocycles. The highest BCUT2D eigenvalue weighted by Crippen LogP contribution is 2.25. The van der Waals surface area contributed by atoms with Crippen LogP contribution in [0.3, 0.4) is 0 Å². The van der Waals surface area contributed by atoms with Gasteiger partial charge in [0.1, 0.15) is 5.69 Å². The maximum absolute atomic E-state index is 10.9. The summed E-state index contributed by atoms with van der Waals surface area (Å²) >= 11 is 1.69. The first-order chi connectivity index (χ1) is 8.69. The van der Waals surface area contributed by atoms with E-state index in [1.807, 2.05) is 12.1 Å². The number of benzene rings is 1. The molecule has 0 saturated heterocycles. The molecule has 0 amide bonds. The fourth-order valence-electron chi connectivity index (χ4n) is 1.33. The molecular weight excluding hydrogens is 250 g/mol. The zero-order valence-corrected chi connectivity index (χ0v) is 10.6. The van der Waals surface area contributed by atoms with Crippen LogP contribution in [0.25, 0.3) is 0 Å². The van der Waals surface area contributed by atoms with Crippen molar-refractivity contribution in [2.24, 2.45) is 0 Å². The van der Waals surface area contributed by atoms with Gasteiger partial charge in [-0.05, 0) is 12.1 Å². The van der Waals surface area contributed by atoms with Gasteiger partial charge in [0.2, 0.25) is 0 Å². The Balaban J connectivity index is 2.67. The molecule has 0 fully saturated rings. The molecule has 1 aromatic carbocycles. The van der Waals surface area contributed by atoms with Crippen molar-refractivity contribution in [3.8, 4) is 6.07 Å². The number of hydrogen-bond donors (Lipinski definition) is 1. The van der Waals surface area contributed by atoms with Crippen LogP contribution in [0, 0.1) is 21.4 Å². The average molecular weight is 263 g/mol. The summed E-state index contributed by atoms with van der Waals surface area (Å²) in [6.07, 6.45) is 1.81. The number of nitriles is 1. The first-order valence-electron chi connectivity index (χ1n) is 5.30. The third-order valence-electron chi connectivity index (χ3n) is 2.12. The Morgan fingerprint density at radius 1 is 1.61 bits per heavy atom. The van der Waals surface area contributed by atoms with Gasteiger partial charge in [-0.3, -0.25) is 10.1 Å². The summed E-state index contributed by atoms with van der Waals surface area (Å²) in [6, 6.07) is 6.29. The Bertz CT molecular complexity index is 483. The number of anilines is 1. The van der Waals surface area contributed by atoms with Crippen molar-refractivity contribution in [2.75, 3.05) is 23.4 Å². The van der Waals surface area contributed by atoms with Gasteiger partial charge < -0.3 is 5.32 Å². The lowest BCUT2D eigenvalue weighted by Crippen LogP contribution is -2.06. The molecule has 1 rings (SSSR count). The number of nitrogens with one attached hydrogen (secondary N) is 1. The zero-order chi connectivity index (χ0) is 13.4. The number of hydrogen-bond acceptors (Lipinski definition) is 5. The van der Waals surface area contributed by atoms with E-state index in [0.29, 0.717) is 12.2 Å². The summed E-state index contributed by atoms with van der Waals surface area (Å²) in [6.45, 7) is 4.24. The molecule has 0 unspecified atom stereocenters. The van der Waals surface area contributed by atoms with Crippen LogP contribution in [-0.2, 0) is 0 Å². The second-order valence-corrected chi connectivity index (χ2v) is 4.54. The molecule has 6 heteroatoms. The third kappa shape index (κ3) is 4.11. The van der Waals surface area contributed by atoms with E-state index in [-0.39, 0.29) is 11.3 Å². The van der Waals surface area contributed by atoms with Crippen LogP contribution in [0.4, 0.5) is 11.4 Å². The average Bonchev–Trinajstić information content (AvgIpc) is 2.38. The van der Waals surface area contributed by atoms with Crippen molar-refractivity contribution < 1.29 is 4.92 Å². The summed E-state index contributed by atoms with van der Waals surface area (Å²) in [7, 11) is 0. The van der Waals surface area contributed by atoms with Gasteiger partial charge in [0.15, 0.2) is 0 Å². The molecule has 0 spiro atoms. The van der Waals surface area contributed by atoms with Gasteiger partial charge in [-0.15, -0.1) is 6.58 Å². The van der Waals surface area contributed by atoms with Gasteiger partial charge >= 0.3 is 0 Å². The van der Waals surface area contributed by atoms with Crippen molar-refractivity contribution >= 4 is 23.1 Å². The van der Waals surface area contributed by atoms with Gasteiger partial charge in [-0.1, -0.05) is 6.08 Å². The largest absolute Gasteiger partial charge is 0.379 e. The zero-order valence-electron chi connectivity index (χ0n) is 9.76. The first-order valence-corrected chi connectivity index (χ1v) is 6.45. The fourth-order valence-corrected chi connectivity index (χ4v) is 1.91. The van der Waals surface area contributed by atoms with Crippen LogP contribution in [-0.4, -0.2) is 23.0 Å². The molecule has 0 bridgehead atoms. The molecule has 94 valence electrons. The van der Waals surface area contributed by atoms with Gasteiger partial charge in [-0.2, -0.15) is 17.0 Å². The van der Waals surface area contributed by atoms with Crippen LogP contribution in [0.15, 0.2) is 30.9 Å². The van der Waals surface area contributed by atoms with Crippen molar-refractivity contribution in [2.45, 2.75) is 0 Å². The molecule has 0 heterocycles. The van der Waals surface area contributed by atoms with Crippen molar-refractivity contribution in [3.63, 3.8) is 0 Å². The molecule has 18 heavy (non-hydrogen) atoms. The quantitative estimate of drug-likeness (QED) is 0.354. The van der Waals surface area contributed by atoms with Crippen molar-refractivity contribution in [1.82, 2.24) is 0 Å². The number of thioether (sulfide) groups is 1. The van der Waals surface area contributed by atoms with E-state index >= 15 is 0 Å². The topological polar surface area (TPSA) is 79.0 Å². The summed E-state index contributed by atoms with van der Waals surface area (Å²) in [5.74, 6) is 1.69. The molecule has 0 radical (unpaired) electrons. The normalized spacial score (nSPS) is 9.50. The van der Waals surface area contributed by atoms with E-state index in [2.05, 4.69) is 11.9 Å². The number of rotatable bonds is 7. The number of nitro groups is 1. The SMILES string of the molecule is C=CCSCCNc1ccc(C#N)cc1[N+](=O)[O-]. The summed E-state index contributed by atoms with van der Waals surface area (Å²) in [5, 5.41) is 22.6. The molecular formula is C12H13N3O2S. The summed E-state index contributed by atoms with van der Waals surface area (Å²) < 4.78 is 0. The standard InChI is InChI=1S/C12H13N3O2S/c1-2-6-18-7-5-14-11-4-3-10(9-13)8-12(11)15(16)17/h2-4,8,14H,1,5-7H2. The lowest BCUT2D eigenvalue weighted by atomic mass is 10.2. The highest BCUT2D eigenvalue weighted by Gasteiger charge is 2.13. The Morgan fingerprint density at radius 2 is 2.39 bits per heavy atom. The molecule has 1 aromatic rings. The predicted octanol–water partition coefficient (Wildman–Crippen LogP) is 2.80. The van der Waals surface area contributed by atoms with Crippen molar-refractivity contribution in [3.05, 3.63) is 46.5 Å². The smallest absolute Gasteiger partial charge is 0.293 e. The third-order valence-corrected chi connectivity index (χ3v) is 3.09. The van der Waals surface area contributed by atoms with E-state index in [4.69, 9.17) is 5.26 Å². The van der Waals surface area contributed by atoms with E-state index in [1.54, 1.807) is 23.9 Å². The maximum atomic E-state index is 10.9. The fraction of sp³-hybridized carbons (Fsp3) is 0.250. The van der Waals surface area contributed by atoms with E-state index < -0.39 is 4.92 Å². The van der Waals surface area contributed by atoms with Gasteiger partial charge in [0.25, 0.3) is 5.69 Å². The number of nitrogens with zero attached hydrogens (tertiary/aromatic N) is 2. The second kappa shape index (κ2) is 7.35. The van der Waals surface area contributed by atoms with E-state index in [1.165, 1.54) is 6.07 Å². The van der Waals surface area contributed by atoms with Gasteiger partial charge in [0, 0.05) is 24.1 Å².